The molecule has 0 aromatic carbocycles. The number of nitrogen functional groups attached to an aromatic ring is 1. The van der Waals surface area contributed by atoms with Crippen molar-refractivity contribution in [3.8, 4) is 12.3 Å². The van der Waals surface area contributed by atoms with Gasteiger partial charge in [-0.1, -0.05) is 77.1 Å². The Hall–Kier alpha value is -3.30. The van der Waals surface area contributed by atoms with Gasteiger partial charge in [0.25, 0.3) is 0 Å². The fourth-order valence-electron chi connectivity index (χ4n) is 4.79. The Labute approximate surface area is 234 Å². The number of ether oxygens (including phenoxy) is 2. The summed E-state index contributed by atoms with van der Waals surface area (Å²) in [7, 11) is 0. The first-order valence-corrected chi connectivity index (χ1v) is 14.2. The highest BCUT2D eigenvalue weighted by Crippen LogP contribution is 2.38. The van der Waals surface area contributed by atoms with Crippen molar-refractivity contribution >= 4 is 28.9 Å². The van der Waals surface area contributed by atoms with Crippen LogP contribution in [-0.2, 0) is 19.1 Å². The number of amides is 1. The highest BCUT2D eigenvalue weighted by atomic mass is 19.1. The summed E-state index contributed by atoms with van der Waals surface area (Å²) < 4.78 is 26.2. The Morgan fingerprint density at radius 3 is 2.50 bits per heavy atom. The highest BCUT2D eigenvalue weighted by molar-refractivity contribution is 5.82. The molecule has 12 heteroatoms. The molecular weight excluding hydrogens is 519 g/mol. The number of imidazole rings is 1. The summed E-state index contributed by atoms with van der Waals surface area (Å²) in [6.07, 6.45) is 17.3. The number of esters is 1. The van der Waals surface area contributed by atoms with Crippen LogP contribution in [0.1, 0.15) is 96.6 Å². The second kappa shape index (κ2) is 15.5. The minimum Gasteiger partial charge on any atom is -0.460 e. The molecule has 40 heavy (non-hydrogen) atoms. The molecule has 1 aliphatic heterocycles. The topological polar surface area (TPSA) is 154 Å². The molecule has 0 bridgehead atoms. The first-order chi connectivity index (χ1) is 19.3. The fraction of sp³-hybridized carbons (Fsp3) is 0.679. The monoisotopic (exact) mass is 560 g/mol. The van der Waals surface area contributed by atoms with Crippen molar-refractivity contribution in [2.45, 2.75) is 108 Å². The van der Waals surface area contributed by atoms with Crippen LogP contribution in [0, 0.1) is 18.4 Å². The van der Waals surface area contributed by atoms with Crippen LogP contribution < -0.4 is 11.1 Å². The lowest BCUT2D eigenvalue weighted by molar-refractivity contribution is -0.156. The van der Waals surface area contributed by atoms with Crippen LogP contribution in [0.25, 0.3) is 11.2 Å². The number of hydrogen-bond acceptors (Lipinski definition) is 9. The van der Waals surface area contributed by atoms with Crippen molar-refractivity contribution in [2.24, 2.45) is 0 Å². The van der Waals surface area contributed by atoms with Crippen LogP contribution in [0.15, 0.2) is 6.33 Å². The van der Waals surface area contributed by atoms with Crippen molar-refractivity contribution in [1.82, 2.24) is 24.8 Å². The maximum Gasteiger partial charge on any atom is 0.325 e. The normalized spacial score (nSPS) is 20.4. The van der Waals surface area contributed by atoms with Crippen molar-refractivity contribution in [3.05, 3.63) is 12.4 Å². The highest BCUT2D eigenvalue weighted by Gasteiger charge is 2.49. The van der Waals surface area contributed by atoms with Crippen LogP contribution in [0.5, 0.6) is 0 Å². The molecule has 4 N–H and O–H groups in total. The Morgan fingerprint density at radius 2 is 1.85 bits per heavy atom. The second-order valence-electron chi connectivity index (χ2n) is 10.3. The Balaban J connectivity index is 1.34. The minimum atomic E-state index is -1.65. The van der Waals surface area contributed by atoms with E-state index < -0.39 is 36.6 Å². The molecule has 3 rings (SSSR count). The van der Waals surface area contributed by atoms with Gasteiger partial charge in [-0.15, -0.1) is 6.42 Å². The standard InChI is InChI=1S/C28H41FN6O5/c1-3-5-6-7-8-9-10-11-12-13-14-15-21(37)31-17-23(38)39-18-28(4-2)20(36)16-22(40-28)35-19-32-24-25(30)33-27(29)34-26(24)35/h2,19-20,22,36H,3,5-18H2,1H3,(H,31,37)(H2,30,33,34)/t20-,22+,28+/m0/s1. The van der Waals surface area contributed by atoms with E-state index in [1.54, 1.807) is 0 Å². The smallest absolute Gasteiger partial charge is 0.325 e. The summed E-state index contributed by atoms with van der Waals surface area (Å²) in [4.78, 5) is 35.6. The maximum absolute atomic E-state index is 13.7. The van der Waals surface area contributed by atoms with Gasteiger partial charge in [0, 0.05) is 12.8 Å². The number of nitrogens with one attached hydrogen (secondary N) is 1. The van der Waals surface area contributed by atoms with Gasteiger partial charge < -0.3 is 25.6 Å². The maximum atomic E-state index is 13.7. The van der Waals surface area contributed by atoms with Crippen molar-refractivity contribution in [1.29, 1.82) is 0 Å². The van der Waals surface area contributed by atoms with E-state index in [9.17, 15) is 19.1 Å². The van der Waals surface area contributed by atoms with E-state index in [1.807, 2.05) is 0 Å². The molecule has 2 aromatic heterocycles. The minimum absolute atomic E-state index is 0.00836. The SMILES string of the molecule is C#C[C@]1(COC(=O)CNC(=O)CCCCCCCCCCCCC)O[C@@H](n2cnc3c(N)nc(F)nc32)C[C@@H]1O. The van der Waals surface area contributed by atoms with E-state index in [-0.39, 0.29) is 35.9 Å². The van der Waals surface area contributed by atoms with E-state index in [0.717, 1.165) is 19.3 Å². The third-order valence-corrected chi connectivity index (χ3v) is 7.17. The summed E-state index contributed by atoms with van der Waals surface area (Å²) in [5.41, 5.74) is 4.31. The van der Waals surface area contributed by atoms with Crippen LogP contribution in [0.4, 0.5) is 10.2 Å². The third kappa shape index (κ3) is 8.60. The van der Waals surface area contributed by atoms with Crippen LogP contribution in [-0.4, -0.2) is 61.4 Å². The molecule has 3 heterocycles. The van der Waals surface area contributed by atoms with Gasteiger partial charge in [-0.2, -0.15) is 14.4 Å². The Kier molecular flexibility index (Phi) is 12.1. The van der Waals surface area contributed by atoms with E-state index in [1.165, 1.54) is 62.3 Å². The lowest BCUT2D eigenvalue weighted by Gasteiger charge is -2.26. The number of aliphatic hydroxyl groups is 1. The number of unbranched alkanes of at least 4 members (excludes halogenated alkanes) is 10. The summed E-state index contributed by atoms with van der Waals surface area (Å²) in [6.45, 7) is 1.46. The molecule has 1 aliphatic rings. The number of hydrogen-bond donors (Lipinski definition) is 3. The van der Waals surface area contributed by atoms with Crippen molar-refractivity contribution < 1.29 is 28.6 Å². The number of halogens is 1. The van der Waals surface area contributed by atoms with Gasteiger partial charge in [0.1, 0.15) is 25.5 Å². The summed E-state index contributed by atoms with van der Waals surface area (Å²) in [5, 5.41) is 13.2. The van der Waals surface area contributed by atoms with Crippen LogP contribution in [0.3, 0.4) is 0 Å². The van der Waals surface area contributed by atoms with Gasteiger partial charge in [0.15, 0.2) is 22.6 Å². The van der Waals surface area contributed by atoms with Gasteiger partial charge >= 0.3 is 12.0 Å². The number of anilines is 1. The molecule has 0 radical (unpaired) electrons. The predicted molar refractivity (Wildman–Crippen MR) is 147 cm³/mol. The molecule has 2 aromatic rings. The number of aromatic nitrogens is 4. The molecule has 1 amide bonds. The molecule has 220 valence electrons. The van der Waals surface area contributed by atoms with Crippen molar-refractivity contribution in [3.63, 3.8) is 0 Å². The number of terminal acetylenes is 1. The molecular formula is C28H41FN6O5. The van der Waals surface area contributed by atoms with E-state index in [0.29, 0.717) is 6.42 Å². The molecule has 0 aliphatic carbocycles. The van der Waals surface area contributed by atoms with Crippen LogP contribution >= 0.6 is 0 Å². The fourth-order valence-corrected chi connectivity index (χ4v) is 4.79. The summed E-state index contributed by atoms with van der Waals surface area (Å²) in [6, 6.07) is 0. The molecule has 1 saturated heterocycles. The zero-order valence-corrected chi connectivity index (χ0v) is 23.2. The lowest BCUT2D eigenvalue weighted by Crippen LogP contribution is -2.44. The lowest BCUT2D eigenvalue weighted by atomic mass is 9.99. The zero-order chi connectivity index (χ0) is 29.0. The average Bonchev–Trinajstić information content (AvgIpc) is 3.50. The van der Waals surface area contributed by atoms with Crippen molar-refractivity contribution in [2.75, 3.05) is 18.9 Å². The molecule has 0 saturated carbocycles. The molecule has 11 nitrogen and oxygen atoms in total. The van der Waals surface area contributed by atoms with Gasteiger partial charge in [0.05, 0.1) is 6.33 Å². The molecule has 0 unspecified atom stereocenters. The van der Waals surface area contributed by atoms with Gasteiger partial charge in [-0.05, 0) is 6.42 Å². The van der Waals surface area contributed by atoms with E-state index >= 15 is 0 Å². The first-order valence-electron chi connectivity index (χ1n) is 14.2. The second-order valence-corrected chi connectivity index (χ2v) is 10.3. The molecule has 0 spiro atoms. The first kappa shape index (κ1) is 31.2. The number of fused-ring (bicyclic) bond motifs is 1. The quantitative estimate of drug-likeness (QED) is 0.114. The number of carbonyl (C=O) groups is 2. The van der Waals surface area contributed by atoms with E-state index in [2.05, 4.69) is 33.1 Å². The number of carbonyl (C=O) groups excluding carboxylic acids is 2. The number of nitrogens with zero attached hydrogens (tertiary/aromatic N) is 4. The zero-order valence-electron chi connectivity index (χ0n) is 23.2. The Bertz CT molecular complexity index is 1170. The van der Waals surface area contributed by atoms with Gasteiger partial charge in [-0.3, -0.25) is 14.2 Å². The Morgan fingerprint density at radius 1 is 1.20 bits per heavy atom. The van der Waals surface area contributed by atoms with Crippen LogP contribution in [0.2, 0.25) is 0 Å². The summed E-state index contributed by atoms with van der Waals surface area (Å²) in [5.74, 6) is 1.30. The number of aliphatic hydroxyl groups excluding tert-OH is 1. The average molecular weight is 561 g/mol. The van der Waals surface area contributed by atoms with Gasteiger partial charge in [0.2, 0.25) is 5.91 Å². The van der Waals surface area contributed by atoms with Gasteiger partial charge in [-0.25, -0.2) is 4.98 Å². The largest absolute Gasteiger partial charge is 0.460 e. The van der Waals surface area contributed by atoms with E-state index in [4.69, 9.17) is 21.6 Å². The number of nitrogens with two attached hydrogens (primary N) is 1. The summed E-state index contributed by atoms with van der Waals surface area (Å²) >= 11 is 0. The molecule has 1 fully saturated rings. The molecule has 3 atom stereocenters. The number of rotatable bonds is 17. The predicted octanol–water partition coefficient (Wildman–Crippen LogP) is 3.56. The third-order valence-electron chi connectivity index (χ3n) is 7.17.